The molecule has 0 unspecified atom stereocenters. The molecule has 0 N–H and O–H groups in total. The van der Waals surface area contributed by atoms with Crippen molar-refractivity contribution in [2.75, 3.05) is 13.1 Å². The lowest BCUT2D eigenvalue weighted by Crippen LogP contribution is -2.31. The monoisotopic (exact) mass is 426 g/mol. The highest BCUT2D eigenvalue weighted by Crippen LogP contribution is 2.36. The van der Waals surface area contributed by atoms with Crippen molar-refractivity contribution in [3.8, 4) is 0 Å². The van der Waals surface area contributed by atoms with E-state index in [9.17, 15) is 18.5 Å². The fourth-order valence-electron chi connectivity index (χ4n) is 2.99. The largest absolute Gasteiger partial charge is 0.284 e. The number of benzene rings is 1. The molecule has 0 radical (unpaired) electrons. The zero-order valence-corrected chi connectivity index (χ0v) is 17.3. The number of hydrogen-bond donors (Lipinski definition) is 0. The van der Waals surface area contributed by atoms with Crippen LogP contribution in [0.1, 0.15) is 45.6 Å². The van der Waals surface area contributed by atoms with Crippen LogP contribution in [0.2, 0.25) is 0 Å². The topological polar surface area (TPSA) is 124 Å². The summed E-state index contributed by atoms with van der Waals surface area (Å²) in [5, 5.41) is 23.4. The van der Waals surface area contributed by atoms with Gasteiger partial charge in [0.1, 0.15) is 0 Å². The van der Waals surface area contributed by atoms with Gasteiger partial charge in [-0.05, 0) is 61.0 Å². The summed E-state index contributed by atoms with van der Waals surface area (Å²) < 4.78 is 28.9. The van der Waals surface area contributed by atoms with Crippen molar-refractivity contribution < 1.29 is 13.3 Å². The molecular weight excluding hydrogens is 404 g/mol. The lowest BCUT2D eigenvalue weighted by molar-refractivity contribution is -0.388. The van der Waals surface area contributed by atoms with E-state index in [1.807, 2.05) is 13.8 Å². The third-order valence-corrected chi connectivity index (χ3v) is 7.39. The molecule has 2 aromatic rings. The zero-order valence-electron chi connectivity index (χ0n) is 15.7. The molecule has 12 heteroatoms. The van der Waals surface area contributed by atoms with Crippen molar-refractivity contribution in [3.05, 3.63) is 28.3 Å². The smallest absolute Gasteiger partial charge is 0.258 e. The SMILES string of the molecule is CC(C)n1nnnc1Sc1ccc(S(=O)(=O)N2CCCCCC2)cc1[N+](=O)[O-]. The average Bonchev–Trinajstić information content (AvgIpc) is 2.93. The first-order valence-electron chi connectivity index (χ1n) is 9.05. The van der Waals surface area contributed by atoms with Gasteiger partial charge < -0.3 is 0 Å². The quantitative estimate of drug-likeness (QED) is 0.510. The van der Waals surface area contributed by atoms with Gasteiger partial charge in [0.05, 0.1) is 20.8 Å². The predicted molar refractivity (Wildman–Crippen MR) is 103 cm³/mol. The van der Waals surface area contributed by atoms with Gasteiger partial charge in [-0.2, -0.15) is 4.31 Å². The second-order valence-electron chi connectivity index (χ2n) is 6.81. The first-order valence-corrected chi connectivity index (χ1v) is 11.3. The van der Waals surface area contributed by atoms with E-state index >= 15 is 0 Å². The third kappa shape index (κ3) is 4.33. The number of tetrazole rings is 1. The van der Waals surface area contributed by atoms with E-state index in [0.29, 0.717) is 18.2 Å². The van der Waals surface area contributed by atoms with E-state index in [0.717, 1.165) is 43.5 Å². The second kappa shape index (κ2) is 8.53. The highest BCUT2D eigenvalue weighted by Gasteiger charge is 2.28. The molecule has 0 bridgehead atoms. The number of nitro groups is 1. The number of nitro benzene ring substituents is 1. The van der Waals surface area contributed by atoms with Crippen LogP contribution in [0.4, 0.5) is 5.69 Å². The Morgan fingerprint density at radius 2 is 1.86 bits per heavy atom. The second-order valence-corrected chi connectivity index (χ2v) is 9.75. The molecule has 3 rings (SSSR count). The molecule has 0 aliphatic carbocycles. The van der Waals surface area contributed by atoms with Crippen molar-refractivity contribution in [1.82, 2.24) is 24.5 Å². The van der Waals surface area contributed by atoms with Crippen LogP contribution < -0.4 is 0 Å². The van der Waals surface area contributed by atoms with Crippen LogP contribution in [-0.4, -0.2) is 50.9 Å². The third-order valence-electron chi connectivity index (χ3n) is 4.48. The summed E-state index contributed by atoms with van der Waals surface area (Å²) in [5.41, 5.74) is -0.279. The van der Waals surface area contributed by atoms with E-state index in [4.69, 9.17) is 0 Å². The number of nitrogens with zero attached hydrogens (tertiary/aromatic N) is 6. The van der Waals surface area contributed by atoms with Gasteiger partial charge in [-0.25, -0.2) is 13.1 Å². The van der Waals surface area contributed by atoms with Crippen molar-refractivity contribution >= 4 is 27.5 Å². The van der Waals surface area contributed by atoms with E-state index < -0.39 is 14.9 Å². The molecule has 2 heterocycles. The molecule has 1 aromatic heterocycles. The molecule has 1 aliphatic rings. The van der Waals surface area contributed by atoms with Crippen molar-refractivity contribution in [1.29, 1.82) is 0 Å². The number of sulfonamides is 1. The Hall–Kier alpha value is -2.05. The van der Waals surface area contributed by atoms with Gasteiger partial charge in [0.15, 0.2) is 0 Å². The standard InChI is InChI=1S/C16H22N6O4S2/c1-12(2)21-16(17-18-19-21)27-15-8-7-13(11-14(15)22(23)24)28(25,26)20-9-5-3-4-6-10-20/h7-8,11-12H,3-6,9-10H2,1-2H3. The highest BCUT2D eigenvalue weighted by molar-refractivity contribution is 7.99. The van der Waals surface area contributed by atoms with Crippen molar-refractivity contribution in [2.24, 2.45) is 0 Å². The Bertz CT molecular complexity index is 952. The van der Waals surface area contributed by atoms with Gasteiger partial charge in [-0.1, -0.05) is 12.8 Å². The van der Waals surface area contributed by atoms with Crippen molar-refractivity contribution in [2.45, 2.75) is 60.5 Å². The van der Waals surface area contributed by atoms with Gasteiger partial charge in [0.25, 0.3) is 5.69 Å². The molecule has 152 valence electrons. The van der Waals surface area contributed by atoms with Crippen LogP contribution in [0.5, 0.6) is 0 Å². The molecule has 0 amide bonds. The minimum Gasteiger partial charge on any atom is -0.258 e. The maximum Gasteiger partial charge on any atom is 0.284 e. The molecule has 28 heavy (non-hydrogen) atoms. The van der Waals surface area contributed by atoms with Gasteiger partial charge in [-0.15, -0.1) is 5.10 Å². The summed E-state index contributed by atoms with van der Waals surface area (Å²) >= 11 is 1.04. The minimum atomic E-state index is -3.77. The summed E-state index contributed by atoms with van der Waals surface area (Å²) in [4.78, 5) is 11.3. The van der Waals surface area contributed by atoms with Gasteiger partial charge >= 0.3 is 0 Å². The predicted octanol–water partition coefficient (Wildman–Crippen LogP) is 2.88. The number of aromatic nitrogens is 4. The van der Waals surface area contributed by atoms with E-state index in [1.165, 1.54) is 16.4 Å². The maximum atomic E-state index is 12.9. The van der Waals surface area contributed by atoms with Crippen LogP contribution in [0.15, 0.2) is 33.1 Å². The molecule has 0 spiro atoms. The first kappa shape index (κ1) is 20.7. The molecule has 10 nitrogen and oxygen atoms in total. The fraction of sp³-hybridized carbons (Fsp3) is 0.562. The molecule has 0 atom stereocenters. The molecule has 0 saturated carbocycles. The molecule has 1 aliphatic heterocycles. The lowest BCUT2D eigenvalue weighted by Gasteiger charge is -2.20. The summed E-state index contributed by atoms with van der Waals surface area (Å²) in [6, 6.07) is 3.98. The van der Waals surface area contributed by atoms with Crippen LogP contribution in [-0.2, 0) is 10.0 Å². The van der Waals surface area contributed by atoms with Crippen LogP contribution in [0.3, 0.4) is 0 Å². The average molecular weight is 427 g/mol. The molecular formula is C16H22N6O4S2. The molecule has 1 fully saturated rings. The zero-order chi connectivity index (χ0) is 20.3. The molecule has 1 saturated heterocycles. The van der Waals surface area contributed by atoms with Gasteiger partial charge in [-0.3, -0.25) is 10.1 Å². The Labute approximate surface area is 167 Å². The van der Waals surface area contributed by atoms with Crippen molar-refractivity contribution in [3.63, 3.8) is 0 Å². The normalized spacial score (nSPS) is 16.2. The van der Waals surface area contributed by atoms with Gasteiger partial charge in [0.2, 0.25) is 15.2 Å². The number of rotatable bonds is 6. The Morgan fingerprint density at radius 1 is 1.18 bits per heavy atom. The lowest BCUT2D eigenvalue weighted by atomic mass is 10.2. The van der Waals surface area contributed by atoms with E-state index in [-0.39, 0.29) is 21.5 Å². The fourth-order valence-corrected chi connectivity index (χ4v) is 5.52. The maximum absolute atomic E-state index is 12.9. The Kier molecular flexibility index (Phi) is 6.30. The number of hydrogen-bond acceptors (Lipinski definition) is 8. The van der Waals surface area contributed by atoms with E-state index in [2.05, 4.69) is 15.5 Å². The summed E-state index contributed by atoms with van der Waals surface area (Å²) in [7, 11) is -3.77. The van der Waals surface area contributed by atoms with Gasteiger partial charge in [0, 0.05) is 19.2 Å². The first-order chi connectivity index (χ1) is 13.3. The summed E-state index contributed by atoms with van der Waals surface area (Å²) in [6.45, 7) is 4.67. The Balaban J connectivity index is 1.95. The minimum absolute atomic E-state index is 0.0146. The Morgan fingerprint density at radius 3 is 2.46 bits per heavy atom. The molecule has 1 aromatic carbocycles. The summed E-state index contributed by atoms with van der Waals surface area (Å²) in [5.74, 6) is 0. The van der Waals surface area contributed by atoms with Crippen LogP contribution in [0.25, 0.3) is 0 Å². The van der Waals surface area contributed by atoms with Crippen LogP contribution >= 0.6 is 11.8 Å². The highest BCUT2D eigenvalue weighted by atomic mass is 32.2. The van der Waals surface area contributed by atoms with E-state index in [1.54, 1.807) is 4.68 Å². The summed E-state index contributed by atoms with van der Waals surface area (Å²) in [6.07, 6.45) is 3.58. The van der Waals surface area contributed by atoms with Crippen LogP contribution in [0, 0.1) is 10.1 Å².